The Labute approximate surface area is 76.1 Å². The van der Waals surface area contributed by atoms with Crippen LogP contribution in [0.5, 0.6) is 0 Å². The van der Waals surface area contributed by atoms with Crippen molar-refractivity contribution in [3.63, 3.8) is 0 Å². The van der Waals surface area contributed by atoms with Crippen LogP contribution in [0.1, 0.15) is 12.8 Å². The lowest BCUT2D eigenvalue weighted by molar-refractivity contribution is -0.134. The van der Waals surface area contributed by atoms with E-state index in [0.29, 0.717) is 31.5 Å². The Bertz CT molecular complexity index is 198. The van der Waals surface area contributed by atoms with E-state index in [2.05, 4.69) is 5.32 Å². The van der Waals surface area contributed by atoms with Gasteiger partial charge < -0.3 is 10.4 Å². The van der Waals surface area contributed by atoms with Gasteiger partial charge >= 0.3 is 5.97 Å². The lowest BCUT2D eigenvalue weighted by Crippen LogP contribution is -2.24. The highest BCUT2D eigenvalue weighted by molar-refractivity contribution is 5.85. The summed E-state index contributed by atoms with van der Waals surface area (Å²) in [4.78, 5) is 10.1. The topological polar surface area (TPSA) is 49.3 Å². The maximum absolute atomic E-state index is 12.7. The molecule has 70 valence electrons. The highest BCUT2D eigenvalue weighted by atomic mass is 35.5. The van der Waals surface area contributed by atoms with Crippen LogP contribution in [0.2, 0.25) is 0 Å². The second-order valence-electron chi connectivity index (χ2n) is 2.47. The van der Waals surface area contributed by atoms with Crippen molar-refractivity contribution in [3.05, 3.63) is 11.4 Å². The van der Waals surface area contributed by atoms with Crippen LogP contribution in [0, 0.1) is 0 Å². The molecule has 0 spiro atoms. The second kappa shape index (κ2) is 5.11. The fourth-order valence-corrected chi connectivity index (χ4v) is 1.10. The summed E-state index contributed by atoms with van der Waals surface area (Å²) in [5.41, 5.74) is 0.427. The molecule has 2 N–H and O–H groups in total. The first-order valence-electron chi connectivity index (χ1n) is 3.53. The zero-order valence-corrected chi connectivity index (χ0v) is 7.29. The quantitative estimate of drug-likeness (QED) is 0.616. The molecule has 1 heterocycles. The van der Waals surface area contributed by atoms with Gasteiger partial charge in [-0.1, -0.05) is 0 Å². The van der Waals surface area contributed by atoms with E-state index in [1.54, 1.807) is 0 Å². The minimum atomic E-state index is -1.44. The third kappa shape index (κ3) is 2.79. The highest BCUT2D eigenvalue weighted by Gasteiger charge is 2.15. The minimum absolute atomic E-state index is 0. The maximum Gasteiger partial charge on any atom is 0.364 e. The first-order chi connectivity index (χ1) is 5.22. The fraction of sp³-hybridized carbons (Fsp3) is 0.571. The molecule has 1 rings (SSSR count). The van der Waals surface area contributed by atoms with Crippen molar-refractivity contribution < 1.29 is 14.3 Å². The molecule has 0 aromatic carbocycles. The molecule has 3 nitrogen and oxygen atoms in total. The smallest absolute Gasteiger partial charge is 0.364 e. The van der Waals surface area contributed by atoms with Crippen molar-refractivity contribution >= 4 is 18.4 Å². The van der Waals surface area contributed by atoms with Crippen molar-refractivity contribution in [1.82, 2.24) is 5.32 Å². The first-order valence-corrected chi connectivity index (χ1v) is 3.53. The Hall–Kier alpha value is -0.610. The Balaban J connectivity index is 0.00000121. The van der Waals surface area contributed by atoms with E-state index in [1.807, 2.05) is 0 Å². The van der Waals surface area contributed by atoms with Crippen molar-refractivity contribution in [2.45, 2.75) is 12.8 Å². The molecule has 0 unspecified atom stereocenters. The minimum Gasteiger partial charge on any atom is -0.476 e. The number of halogens is 2. The van der Waals surface area contributed by atoms with E-state index in [4.69, 9.17) is 5.11 Å². The zero-order valence-electron chi connectivity index (χ0n) is 6.47. The van der Waals surface area contributed by atoms with Gasteiger partial charge in [-0.25, -0.2) is 4.79 Å². The Morgan fingerprint density at radius 2 is 1.92 bits per heavy atom. The summed E-state index contributed by atoms with van der Waals surface area (Å²) in [6.45, 7) is 1.35. The van der Waals surface area contributed by atoms with Gasteiger partial charge in [0.15, 0.2) is 0 Å². The molecule has 0 amide bonds. The molecule has 0 aliphatic carbocycles. The van der Waals surface area contributed by atoms with E-state index >= 15 is 0 Å². The summed E-state index contributed by atoms with van der Waals surface area (Å²) in [7, 11) is 0. The van der Waals surface area contributed by atoms with Gasteiger partial charge in [0.05, 0.1) is 0 Å². The number of hydrogen-bond acceptors (Lipinski definition) is 2. The van der Waals surface area contributed by atoms with E-state index in [1.165, 1.54) is 0 Å². The van der Waals surface area contributed by atoms with Gasteiger partial charge in [-0.05, 0) is 31.5 Å². The number of carboxylic acid groups (broad SMARTS) is 1. The van der Waals surface area contributed by atoms with E-state index in [9.17, 15) is 9.18 Å². The van der Waals surface area contributed by atoms with Gasteiger partial charge in [0.1, 0.15) is 0 Å². The summed E-state index contributed by atoms with van der Waals surface area (Å²) in [6.07, 6.45) is 1.02. The van der Waals surface area contributed by atoms with E-state index in [0.717, 1.165) is 0 Å². The summed E-state index contributed by atoms with van der Waals surface area (Å²) in [6, 6.07) is 0. The van der Waals surface area contributed by atoms with Crippen LogP contribution < -0.4 is 5.32 Å². The Morgan fingerprint density at radius 1 is 1.42 bits per heavy atom. The highest BCUT2D eigenvalue weighted by Crippen LogP contribution is 2.16. The van der Waals surface area contributed by atoms with Gasteiger partial charge in [0.25, 0.3) is 0 Å². The second-order valence-corrected chi connectivity index (χ2v) is 2.47. The molecule has 0 aromatic rings. The number of carboxylic acids is 1. The molecule has 0 radical (unpaired) electrons. The molecular formula is C7H11ClFNO2. The molecular weight excluding hydrogens is 185 g/mol. The number of aliphatic carboxylic acids is 1. The molecule has 0 saturated carbocycles. The molecule has 1 fully saturated rings. The molecule has 0 aromatic heterocycles. The summed E-state index contributed by atoms with van der Waals surface area (Å²) in [5.74, 6) is -2.41. The molecule has 1 saturated heterocycles. The molecule has 0 atom stereocenters. The lowest BCUT2D eigenvalue weighted by Gasteiger charge is -2.14. The van der Waals surface area contributed by atoms with Crippen LogP contribution in [0.4, 0.5) is 4.39 Å². The van der Waals surface area contributed by atoms with Crippen LogP contribution >= 0.6 is 12.4 Å². The molecule has 1 aliphatic heterocycles. The van der Waals surface area contributed by atoms with E-state index in [-0.39, 0.29) is 12.4 Å². The number of nitrogens with one attached hydrogen (secondary N) is 1. The number of carbonyl (C=O) groups is 1. The van der Waals surface area contributed by atoms with Crippen LogP contribution in [0.3, 0.4) is 0 Å². The van der Waals surface area contributed by atoms with Crippen molar-refractivity contribution in [2.24, 2.45) is 0 Å². The standard InChI is InChI=1S/C7H10FNO2.ClH/c8-6(7(10)11)5-1-3-9-4-2-5;/h9H,1-4H2,(H,10,11);1H. The van der Waals surface area contributed by atoms with Crippen LogP contribution in [0.15, 0.2) is 11.4 Å². The molecule has 12 heavy (non-hydrogen) atoms. The molecule has 1 aliphatic rings. The summed E-state index contributed by atoms with van der Waals surface area (Å²) < 4.78 is 12.7. The summed E-state index contributed by atoms with van der Waals surface area (Å²) in [5, 5.41) is 11.3. The molecule has 0 bridgehead atoms. The Kier molecular flexibility index (Phi) is 4.85. The number of hydrogen-bond donors (Lipinski definition) is 2. The average molecular weight is 196 g/mol. The number of piperidine rings is 1. The van der Waals surface area contributed by atoms with Crippen LogP contribution in [-0.4, -0.2) is 24.2 Å². The predicted molar refractivity (Wildman–Crippen MR) is 45.1 cm³/mol. The van der Waals surface area contributed by atoms with Crippen molar-refractivity contribution in [1.29, 1.82) is 0 Å². The van der Waals surface area contributed by atoms with Gasteiger partial charge in [-0.2, -0.15) is 4.39 Å². The van der Waals surface area contributed by atoms with Gasteiger partial charge in [0, 0.05) is 0 Å². The zero-order chi connectivity index (χ0) is 8.27. The Morgan fingerprint density at radius 3 is 2.33 bits per heavy atom. The van der Waals surface area contributed by atoms with Gasteiger partial charge in [-0.3, -0.25) is 0 Å². The van der Waals surface area contributed by atoms with Crippen molar-refractivity contribution in [3.8, 4) is 0 Å². The van der Waals surface area contributed by atoms with E-state index < -0.39 is 11.8 Å². The van der Waals surface area contributed by atoms with Gasteiger partial charge in [0.2, 0.25) is 5.83 Å². The third-order valence-corrected chi connectivity index (χ3v) is 1.71. The predicted octanol–water partition coefficient (Wildman–Crippen LogP) is 1.10. The maximum atomic E-state index is 12.7. The monoisotopic (exact) mass is 195 g/mol. The summed E-state index contributed by atoms with van der Waals surface area (Å²) >= 11 is 0. The number of rotatable bonds is 1. The largest absolute Gasteiger partial charge is 0.476 e. The third-order valence-electron chi connectivity index (χ3n) is 1.71. The van der Waals surface area contributed by atoms with Crippen molar-refractivity contribution in [2.75, 3.05) is 13.1 Å². The van der Waals surface area contributed by atoms with Crippen LogP contribution in [0.25, 0.3) is 0 Å². The normalized spacial score (nSPS) is 16.6. The SMILES string of the molecule is Cl.O=C(O)C(F)=C1CCNCC1. The lowest BCUT2D eigenvalue weighted by atomic mass is 10.0. The van der Waals surface area contributed by atoms with Crippen LogP contribution in [-0.2, 0) is 4.79 Å². The van der Waals surface area contributed by atoms with Gasteiger partial charge in [-0.15, -0.1) is 12.4 Å². The fourth-order valence-electron chi connectivity index (χ4n) is 1.10. The molecule has 5 heteroatoms. The average Bonchev–Trinajstić information content (AvgIpc) is 2.05. The first kappa shape index (κ1) is 11.4.